The number of amides is 2. The normalized spacial score (nSPS) is 18.7. The molecule has 0 radical (unpaired) electrons. The van der Waals surface area contributed by atoms with E-state index in [-0.39, 0.29) is 6.03 Å². The number of anilines is 2. The molecular formula is C24H31BrN4O. The number of hydrogen-bond acceptors (Lipinski definition) is 3. The Hall–Kier alpha value is -2.21. The van der Waals surface area contributed by atoms with Crippen LogP contribution >= 0.6 is 15.9 Å². The zero-order chi connectivity index (χ0) is 20.9. The Morgan fingerprint density at radius 3 is 2.70 bits per heavy atom. The van der Waals surface area contributed by atoms with E-state index in [0.717, 1.165) is 43.6 Å². The number of rotatable bonds is 6. The van der Waals surface area contributed by atoms with Crippen LogP contribution in [0.25, 0.3) is 0 Å². The predicted molar refractivity (Wildman–Crippen MR) is 127 cm³/mol. The van der Waals surface area contributed by atoms with Crippen molar-refractivity contribution in [1.82, 2.24) is 10.2 Å². The van der Waals surface area contributed by atoms with Gasteiger partial charge in [0.1, 0.15) is 0 Å². The molecule has 160 valence electrons. The first kappa shape index (κ1) is 21.0. The van der Waals surface area contributed by atoms with Crippen LogP contribution in [-0.4, -0.2) is 50.7 Å². The average Bonchev–Trinajstić information content (AvgIpc) is 3.45. The van der Waals surface area contributed by atoms with Gasteiger partial charge in [-0.25, -0.2) is 4.79 Å². The Kier molecular flexibility index (Phi) is 6.82. The number of benzene rings is 2. The second-order valence-electron chi connectivity index (χ2n) is 8.45. The van der Waals surface area contributed by atoms with Crippen LogP contribution in [0.1, 0.15) is 24.8 Å². The molecule has 0 saturated carbocycles. The van der Waals surface area contributed by atoms with Crippen molar-refractivity contribution in [1.29, 1.82) is 0 Å². The lowest BCUT2D eigenvalue weighted by atomic mass is 10.1. The van der Waals surface area contributed by atoms with Crippen molar-refractivity contribution in [3.8, 4) is 0 Å². The highest BCUT2D eigenvalue weighted by molar-refractivity contribution is 9.10. The Morgan fingerprint density at radius 1 is 1.10 bits per heavy atom. The van der Waals surface area contributed by atoms with E-state index in [1.165, 1.54) is 29.8 Å². The van der Waals surface area contributed by atoms with Gasteiger partial charge < -0.3 is 20.0 Å². The summed E-state index contributed by atoms with van der Waals surface area (Å²) < 4.78 is 1.10. The van der Waals surface area contributed by atoms with Crippen molar-refractivity contribution in [3.63, 3.8) is 0 Å². The van der Waals surface area contributed by atoms with Crippen molar-refractivity contribution < 1.29 is 4.79 Å². The molecule has 2 aliphatic rings. The SMILES string of the molecule is CN(Cc1ccccc1N1CCCC1)C(=O)NCC1CCN(c2cccc(Br)c2)C1. The molecule has 2 amide bonds. The van der Waals surface area contributed by atoms with Gasteiger partial charge in [-0.2, -0.15) is 0 Å². The molecule has 2 fully saturated rings. The van der Waals surface area contributed by atoms with Gasteiger partial charge in [-0.3, -0.25) is 0 Å². The third-order valence-corrected chi connectivity index (χ3v) is 6.69. The van der Waals surface area contributed by atoms with Crippen LogP contribution in [0.4, 0.5) is 16.2 Å². The standard InChI is InChI=1S/C24H31BrN4O/c1-27(18-20-7-2-3-10-23(20)28-12-4-5-13-28)24(30)26-16-19-11-14-29(17-19)22-9-6-8-21(25)15-22/h2-3,6-10,15,19H,4-5,11-14,16-18H2,1H3,(H,26,30). The number of para-hydroxylation sites is 1. The van der Waals surface area contributed by atoms with Gasteiger partial charge in [0.2, 0.25) is 0 Å². The topological polar surface area (TPSA) is 38.8 Å². The Morgan fingerprint density at radius 2 is 1.90 bits per heavy atom. The van der Waals surface area contributed by atoms with Gasteiger partial charge in [-0.15, -0.1) is 0 Å². The third-order valence-electron chi connectivity index (χ3n) is 6.19. The number of hydrogen-bond donors (Lipinski definition) is 1. The fourth-order valence-corrected chi connectivity index (χ4v) is 4.90. The minimum atomic E-state index is 0.00660. The van der Waals surface area contributed by atoms with Gasteiger partial charge in [-0.1, -0.05) is 40.2 Å². The van der Waals surface area contributed by atoms with Crippen LogP contribution in [0, 0.1) is 5.92 Å². The van der Waals surface area contributed by atoms with E-state index < -0.39 is 0 Å². The highest BCUT2D eigenvalue weighted by Crippen LogP contribution is 2.27. The summed E-state index contributed by atoms with van der Waals surface area (Å²) in [6.45, 7) is 5.61. The summed E-state index contributed by atoms with van der Waals surface area (Å²) in [5.41, 5.74) is 3.74. The van der Waals surface area contributed by atoms with Gasteiger partial charge >= 0.3 is 6.03 Å². The van der Waals surface area contributed by atoms with Crippen molar-refractivity contribution in [2.24, 2.45) is 5.92 Å². The summed E-state index contributed by atoms with van der Waals surface area (Å²) in [4.78, 5) is 19.4. The molecule has 30 heavy (non-hydrogen) atoms. The number of halogens is 1. The Balaban J connectivity index is 1.28. The molecule has 0 spiro atoms. The molecule has 4 rings (SSSR count). The van der Waals surface area contributed by atoms with Gasteiger partial charge in [0.05, 0.1) is 0 Å². The Labute approximate surface area is 188 Å². The smallest absolute Gasteiger partial charge is 0.317 e. The van der Waals surface area contributed by atoms with Crippen LogP contribution in [0.3, 0.4) is 0 Å². The maximum atomic E-state index is 12.7. The van der Waals surface area contributed by atoms with Gasteiger partial charge in [-0.05, 0) is 55.0 Å². The summed E-state index contributed by atoms with van der Waals surface area (Å²) in [7, 11) is 1.89. The maximum absolute atomic E-state index is 12.7. The lowest BCUT2D eigenvalue weighted by Crippen LogP contribution is -2.40. The van der Waals surface area contributed by atoms with Crippen molar-refractivity contribution in [3.05, 3.63) is 58.6 Å². The van der Waals surface area contributed by atoms with Crippen LogP contribution < -0.4 is 15.1 Å². The molecule has 2 saturated heterocycles. The molecule has 0 bridgehead atoms. The van der Waals surface area contributed by atoms with E-state index in [1.54, 1.807) is 4.90 Å². The van der Waals surface area contributed by atoms with Crippen molar-refractivity contribution in [2.45, 2.75) is 25.8 Å². The monoisotopic (exact) mass is 470 g/mol. The highest BCUT2D eigenvalue weighted by atomic mass is 79.9. The molecule has 2 aromatic carbocycles. The number of carbonyl (C=O) groups is 1. The lowest BCUT2D eigenvalue weighted by molar-refractivity contribution is 0.205. The molecule has 0 aliphatic carbocycles. The predicted octanol–water partition coefficient (Wildman–Crippen LogP) is 4.72. The molecule has 1 N–H and O–H groups in total. The molecule has 5 nitrogen and oxygen atoms in total. The van der Waals surface area contributed by atoms with E-state index in [0.29, 0.717) is 12.5 Å². The maximum Gasteiger partial charge on any atom is 0.317 e. The molecule has 1 unspecified atom stereocenters. The Bertz CT molecular complexity index is 868. The second kappa shape index (κ2) is 9.73. The fourth-order valence-electron chi connectivity index (χ4n) is 4.51. The van der Waals surface area contributed by atoms with Gasteiger partial charge in [0.15, 0.2) is 0 Å². The average molecular weight is 471 g/mol. The van der Waals surface area contributed by atoms with E-state index >= 15 is 0 Å². The lowest BCUT2D eigenvalue weighted by Gasteiger charge is -2.25. The number of nitrogens with zero attached hydrogens (tertiary/aromatic N) is 3. The third kappa shape index (κ3) is 5.09. The largest absolute Gasteiger partial charge is 0.371 e. The van der Waals surface area contributed by atoms with Crippen LogP contribution in [0.15, 0.2) is 53.0 Å². The van der Waals surface area contributed by atoms with Crippen LogP contribution in [-0.2, 0) is 6.54 Å². The highest BCUT2D eigenvalue weighted by Gasteiger charge is 2.24. The van der Waals surface area contributed by atoms with Gasteiger partial charge in [0, 0.05) is 62.2 Å². The van der Waals surface area contributed by atoms with Crippen LogP contribution in [0.5, 0.6) is 0 Å². The molecule has 2 aromatic rings. The summed E-state index contributed by atoms with van der Waals surface area (Å²) >= 11 is 3.55. The fraction of sp³-hybridized carbons (Fsp3) is 0.458. The minimum absolute atomic E-state index is 0.00660. The number of carbonyl (C=O) groups excluding carboxylic acids is 1. The summed E-state index contributed by atoms with van der Waals surface area (Å²) in [6.07, 6.45) is 3.61. The zero-order valence-corrected chi connectivity index (χ0v) is 19.3. The van der Waals surface area contributed by atoms with Crippen molar-refractivity contribution >= 4 is 33.3 Å². The van der Waals surface area contributed by atoms with Crippen molar-refractivity contribution in [2.75, 3.05) is 49.6 Å². The van der Waals surface area contributed by atoms with Gasteiger partial charge in [0.25, 0.3) is 0 Å². The van der Waals surface area contributed by atoms with E-state index in [2.05, 4.69) is 79.6 Å². The molecular weight excluding hydrogens is 440 g/mol. The molecule has 2 aliphatic heterocycles. The molecule has 1 atom stereocenters. The number of urea groups is 1. The number of nitrogens with one attached hydrogen (secondary N) is 1. The van der Waals surface area contributed by atoms with E-state index in [9.17, 15) is 4.79 Å². The first-order chi connectivity index (χ1) is 14.6. The summed E-state index contributed by atoms with van der Waals surface area (Å²) in [6, 6.07) is 16.9. The van der Waals surface area contributed by atoms with E-state index in [1.807, 2.05) is 7.05 Å². The second-order valence-corrected chi connectivity index (χ2v) is 9.36. The van der Waals surface area contributed by atoms with E-state index in [4.69, 9.17) is 0 Å². The zero-order valence-electron chi connectivity index (χ0n) is 17.7. The summed E-state index contributed by atoms with van der Waals surface area (Å²) in [5, 5.41) is 3.15. The minimum Gasteiger partial charge on any atom is -0.371 e. The van der Waals surface area contributed by atoms with Crippen LogP contribution in [0.2, 0.25) is 0 Å². The first-order valence-electron chi connectivity index (χ1n) is 10.9. The molecule has 6 heteroatoms. The first-order valence-corrected chi connectivity index (χ1v) is 11.7. The quantitative estimate of drug-likeness (QED) is 0.663. The molecule has 2 heterocycles. The molecule has 0 aromatic heterocycles. The summed E-state index contributed by atoms with van der Waals surface area (Å²) in [5.74, 6) is 0.484.